The van der Waals surface area contributed by atoms with Crippen molar-refractivity contribution in [3.8, 4) is 0 Å². The van der Waals surface area contributed by atoms with Crippen LogP contribution in [0.4, 0.5) is 4.39 Å². The summed E-state index contributed by atoms with van der Waals surface area (Å²) in [4.78, 5) is 0. The Morgan fingerprint density at radius 2 is 1.85 bits per heavy atom. The van der Waals surface area contributed by atoms with E-state index in [1.165, 1.54) is 0 Å². The zero-order valence-corrected chi connectivity index (χ0v) is 9.28. The molecule has 1 saturated heterocycles. The Hall–Kier alpha value is -0.110. The minimum Gasteiger partial charge on any atom is -0.316 e. The van der Waals surface area contributed by atoms with Crippen LogP contribution in [0.15, 0.2) is 0 Å². The maximum atomic E-state index is 14.4. The number of nitrogens with one attached hydrogen (secondary N) is 1. The van der Waals surface area contributed by atoms with Crippen molar-refractivity contribution in [2.75, 3.05) is 13.1 Å². The van der Waals surface area contributed by atoms with E-state index in [-0.39, 0.29) is 11.3 Å². The minimum atomic E-state index is -1.06. The maximum absolute atomic E-state index is 14.4. The summed E-state index contributed by atoms with van der Waals surface area (Å²) in [6.07, 6.45) is 2.14. The summed E-state index contributed by atoms with van der Waals surface area (Å²) in [7, 11) is 0. The van der Waals surface area contributed by atoms with Crippen LogP contribution in [0.2, 0.25) is 0 Å². The monoisotopic (exact) mass is 187 g/mol. The van der Waals surface area contributed by atoms with Gasteiger partial charge in [0.2, 0.25) is 0 Å². The predicted octanol–water partition coefficient (Wildman–Crippen LogP) is 2.76. The van der Waals surface area contributed by atoms with Crippen LogP contribution < -0.4 is 5.32 Å². The first kappa shape index (κ1) is 11.0. The van der Waals surface area contributed by atoms with Crippen molar-refractivity contribution in [2.24, 2.45) is 11.3 Å². The topological polar surface area (TPSA) is 12.0 Å². The molecule has 13 heavy (non-hydrogen) atoms. The van der Waals surface area contributed by atoms with Gasteiger partial charge in [-0.3, -0.25) is 0 Å². The second-order valence-electron chi connectivity index (χ2n) is 5.37. The molecule has 0 aromatic rings. The van der Waals surface area contributed by atoms with Gasteiger partial charge in [-0.05, 0) is 31.7 Å². The predicted molar refractivity (Wildman–Crippen MR) is 54.6 cm³/mol. The lowest BCUT2D eigenvalue weighted by Crippen LogP contribution is -2.48. The summed E-state index contributed by atoms with van der Waals surface area (Å²) >= 11 is 0. The van der Waals surface area contributed by atoms with E-state index in [9.17, 15) is 4.39 Å². The fraction of sp³-hybridized carbons (Fsp3) is 1.00. The Labute approximate surface area is 81.1 Å². The van der Waals surface area contributed by atoms with Gasteiger partial charge in [-0.2, -0.15) is 0 Å². The molecule has 1 aliphatic rings. The molecule has 1 heterocycles. The highest BCUT2D eigenvalue weighted by molar-refractivity contribution is 4.94. The van der Waals surface area contributed by atoms with Crippen molar-refractivity contribution in [2.45, 2.75) is 46.2 Å². The van der Waals surface area contributed by atoms with Crippen molar-refractivity contribution in [1.82, 2.24) is 5.32 Å². The molecule has 2 atom stereocenters. The summed E-state index contributed by atoms with van der Waals surface area (Å²) in [5.74, 6) is 0.182. The van der Waals surface area contributed by atoms with Crippen LogP contribution in [0.5, 0.6) is 0 Å². The lowest BCUT2D eigenvalue weighted by Gasteiger charge is -2.42. The van der Waals surface area contributed by atoms with E-state index in [0.29, 0.717) is 0 Å². The Balaban J connectivity index is 2.67. The first-order valence-corrected chi connectivity index (χ1v) is 5.25. The van der Waals surface area contributed by atoms with Crippen molar-refractivity contribution >= 4 is 0 Å². The van der Waals surface area contributed by atoms with E-state index in [1.54, 1.807) is 6.92 Å². The largest absolute Gasteiger partial charge is 0.316 e. The van der Waals surface area contributed by atoms with E-state index in [0.717, 1.165) is 25.9 Å². The van der Waals surface area contributed by atoms with Crippen molar-refractivity contribution in [3.05, 3.63) is 0 Å². The van der Waals surface area contributed by atoms with E-state index >= 15 is 0 Å². The maximum Gasteiger partial charge on any atom is 0.117 e. The standard InChI is InChI=1S/C11H22FN/c1-10(2,3)11(4,12)9-6-5-7-13-8-9/h9,13H,5-8H2,1-4H3. The number of rotatable bonds is 1. The van der Waals surface area contributed by atoms with Crippen LogP contribution in [-0.4, -0.2) is 18.8 Å². The molecule has 0 saturated carbocycles. The molecule has 2 heteroatoms. The highest BCUT2D eigenvalue weighted by Gasteiger charge is 2.44. The average Bonchev–Trinajstić information content (AvgIpc) is 2.04. The third kappa shape index (κ3) is 2.22. The molecule has 0 aromatic carbocycles. The van der Waals surface area contributed by atoms with Gasteiger partial charge in [-0.1, -0.05) is 20.8 Å². The Morgan fingerprint density at radius 1 is 1.23 bits per heavy atom. The first-order chi connectivity index (χ1) is 5.86. The molecule has 1 aliphatic heterocycles. The molecular weight excluding hydrogens is 165 g/mol. The molecule has 0 spiro atoms. The number of halogens is 1. The lowest BCUT2D eigenvalue weighted by atomic mass is 9.69. The minimum absolute atomic E-state index is 0.182. The number of piperidine rings is 1. The van der Waals surface area contributed by atoms with Gasteiger partial charge in [0.1, 0.15) is 5.67 Å². The Kier molecular flexibility index (Phi) is 3.01. The Bertz CT molecular complexity index is 163. The van der Waals surface area contributed by atoms with E-state index in [1.807, 2.05) is 20.8 Å². The zero-order valence-electron chi connectivity index (χ0n) is 9.28. The summed E-state index contributed by atoms with van der Waals surface area (Å²) in [5.41, 5.74) is -1.31. The number of hydrogen-bond acceptors (Lipinski definition) is 1. The average molecular weight is 187 g/mol. The van der Waals surface area contributed by atoms with Gasteiger partial charge in [0.15, 0.2) is 0 Å². The fourth-order valence-electron chi connectivity index (χ4n) is 1.93. The molecule has 0 bridgehead atoms. The Morgan fingerprint density at radius 3 is 2.23 bits per heavy atom. The van der Waals surface area contributed by atoms with E-state index in [2.05, 4.69) is 5.32 Å². The number of alkyl halides is 1. The normalized spacial score (nSPS) is 29.8. The van der Waals surface area contributed by atoms with Gasteiger partial charge in [0, 0.05) is 12.5 Å². The first-order valence-electron chi connectivity index (χ1n) is 5.25. The fourth-order valence-corrected chi connectivity index (χ4v) is 1.93. The van der Waals surface area contributed by atoms with Gasteiger partial charge in [0.05, 0.1) is 0 Å². The van der Waals surface area contributed by atoms with Crippen LogP contribution in [-0.2, 0) is 0 Å². The van der Waals surface area contributed by atoms with Gasteiger partial charge in [-0.15, -0.1) is 0 Å². The van der Waals surface area contributed by atoms with Crippen LogP contribution in [0.25, 0.3) is 0 Å². The number of hydrogen-bond donors (Lipinski definition) is 1. The SMILES string of the molecule is CC(C)(C)C(C)(F)C1CCCNC1. The molecular formula is C11H22FN. The molecule has 0 aromatic heterocycles. The van der Waals surface area contributed by atoms with Crippen molar-refractivity contribution < 1.29 is 4.39 Å². The van der Waals surface area contributed by atoms with E-state index < -0.39 is 5.67 Å². The second kappa shape index (κ2) is 3.56. The second-order valence-corrected chi connectivity index (χ2v) is 5.37. The van der Waals surface area contributed by atoms with Crippen LogP contribution in [0.1, 0.15) is 40.5 Å². The van der Waals surface area contributed by atoms with Crippen molar-refractivity contribution in [1.29, 1.82) is 0 Å². The third-order valence-corrected chi connectivity index (χ3v) is 3.53. The molecule has 1 nitrogen and oxygen atoms in total. The molecule has 0 aliphatic carbocycles. The summed E-state index contributed by atoms with van der Waals surface area (Å²) in [6.45, 7) is 9.61. The summed E-state index contributed by atoms with van der Waals surface area (Å²) in [6, 6.07) is 0. The molecule has 1 rings (SSSR count). The quantitative estimate of drug-likeness (QED) is 0.665. The molecule has 0 amide bonds. The van der Waals surface area contributed by atoms with Gasteiger partial charge in [-0.25, -0.2) is 4.39 Å². The van der Waals surface area contributed by atoms with Crippen LogP contribution in [0.3, 0.4) is 0 Å². The van der Waals surface area contributed by atoms with Crippen molar-refractivity contribution in [3.63, 3.8) is 0 Å². The van der Waals surface area contributed by atoms with Gasteiger partial charge >= 0.3 is 0 Å². The summed E-state index contributed by atoms with van der Waals surface area (Å²) in [5, 5.41) is 3.27. The lowest BCUT2D eigenvalue weighted by molar-refractivity contribution is -0.0199. The molecule has 1 N–H and O–H groups in total. The van der Waals surface area contributed by atoms with Gasteiger partial charge in [0.25, 0.3) is 0 Å². The van der Waals surface area contributed by atoms with Crippen LogP contribution in [0, 0.1) is 11.3 Å². The molecule has 78 valence electrons. The zero-order chi connectivity index (χ0) is 10.1. The summed E-state index contributed by atoms with van der Waals surface area (Å²) < 4.78 is 14.4. The van der Waals surface area contributed by atoms with Crippen LogP contribution >= 0.6 is 0 Å². The third-order valence-electron chi connectivity index (χ3n) is 3.53. The van der Waals surface area contributed by atoms with Gasteiger partial charge < -0.3 is 5.32 Å². The molecule has 0 radical (unpaired) electrons. The molecule has 2 unspecified atom stereocenters. The van der Waals surface area contributed by atoms with E-state index in [4.69, 9.17) is 0 Å². The highest BCUT2D eigenvalue weighted by atomic mass is 19.1. The molecule has 1 fully saturated rings. The highest BCUT2D eigenvalue weighted by Crippen LogP contribution is 2.42. The smallest absolute Gasteiger partial charge is 0.117 e.